The number of likely N-dealkylation sites (N-methyl/N-ethyl adjacent to an activating group) is 1. The fraction of sp³-hybridized carbons (Fsp3) is 0.429. The van der Waals surface area contributed by atoms with Gasteiger partial charge in [-0.3, -0.25) is 9.59 Å². The highest BCUT2D eigenvalue weighted by Crippen LogP contribution is 2.14. The highest BCUT2D eigenvalue weighted by Gasteiger charge is 2.16. The highest BCUT2D eigenvalue weighted by atomic mass is 16.5. The van der Waals surface area contributed by atoms with Crippen molar-refractivity contribution in [3.63, 3.8) is 0 Å². The Hall–Kier alpha value is -2.24. The van der Waals surface area contributed by atoms with Crippen LogP contribution < -0.4 is 10.5 Å². The minimum absolute atomic E-state index is 0.0660. The lowest BCUT2D eigenvalue weighted by Gasteiger charge is -2.19. The molecule has 0 aliphatic rings. The Bertz CT molecular complexity index is 462. The smallest absolute Gasteiger partial charge is 0.325 e. The summed E-state index contributed by atoms with van der Waals surface area (Å²) in [7, 11) is 0. The van der Waals surface area contributed by atoms with Crippen molar-refractivity contribution in [1.82, 2.24) is 4.90 Å². The molecule has 0 aromatic heterocycles. The minimum Gasteiger partial charge on any atom is -0.484 e. The second-order valence-corrected chi connectivity index (χ2v) is 4.07. The number of nitrogen functional groups attached to an aromatic ring is 1. The minimum atomic E-state index is -0.424. The van der Waals surface area contributed by atoms with Gasteiger partial charge in [-0.05, 0) is 26.0 Å². The summed E-state index contributed by atoms with van der Waals surface area (Å²) in [5, 5.41) is 0. The summed E-state index contributed by atoms with van der Waals surface area (Å²) in [5.74, 6) is -0.180. The number of hydrogen-bond donors (Lipinski definition) is 1. The summed E-state index contributed by atoms with van der Waals surface area (Å²) in [6.07, 6.45) is 0. The molecule has 6 heteroatoms. The lowest BCUT2D eigenvalue weighted by molar-refractivity contribution is -0.149. The van der Waals surface area contributed by atoms with Crippen molar-refractivity contribution in [2.45, 2.75) is 13.8 Å². The molecule has 1 aromatic carbocycles. The maximum absolute atomic E-state index is 11.9. The van der Waals surface area contributed by atoms with Crippen LogP contribution in [-0.4, -0.2) is 43.1 Å². The molecule has 0 radical (unpaired) electrons. The van der Waals surface area contributed by atoms with Gasteiger partial charge in [0.05, 0.1) is 6.61 Å². The molecule has 0 aliphatic heterocycles. The molecule has 20 heavy (non-hydrogen) atoms. The predicted molar refractivity (Wildman–Crippen MR) is 75.2 cm³/mol. The molecule has 0 unspecified atom stereocenters. The van der Waals surface area contributed by atoms with Gasteiger partial charge in [-0.25, -0.2) is 0 Å². The van der Waals surface area contributed by atoms with E-state index in [9.17, 15) is 9.59 Å². The Balaban J connectivity index is 2.49. The lowest BCUT2D eigenvalue weighted by Crippen LogP contribution is -2.39. The molecule has 1 aromatic rings. The normalized spacial score (nSPS) is 9.90. The zero-order valence-electron chi connectivity index (χ0n) is 11.8. The fourth-order valence-corrected chi connectivity index (χ4v) is 1.58. The van der Waals surface area contributed by atoms with E-state index in [1.807, 2.05) is 0 Å². The van der Waals surface area contributed by atoms with Crippen LogP contribution in [0.4, 0.5) is 5.69 Å². The van der Waals surface area contributed by atoms with E-state index in [0.717, 1.165) is 0 Å². The third kappa shape index (κ3) is 5.17. The molecular formula is C14H20N2O4. The number of carbonyl (C=O) groups is 2. The molecule has 0 atom stereocenters. The van der Waals surface area contributed by atoms with Crippen LogP contribution in [-0.2, 0) is 14.3 Å². The number of carbonyl (C=O) groups excluding carboxylic acids is 2. The van der Waals surface area contributed by atoms with Gasteiger partial charge in [-0.15, -0.1) is 0 Å². The Kier molecular flexibility index (Phi) is 6.36. The van der Waals surface area contributed by atoms with Crippen molar-refractivity contribution < 1.29 is 19.1 Å². The van der Waals surface area contributed by atoms with Crippen molar-refractivity contribution in [3.05, 3.63) is 24.3 Å². The molecule has 0 fully saturated rings. The van der Waals surface area contributed by atoms with Gasteiger partial charge in [-0.2, -0.15) is 0 Å². The average Bonchev–Trinajstić information content (AvgIpc) is 2.42. The van der Waals surface area contributed by atoms with Crippen LogP contribution in [0.25, 0.3) is 0 Å². The van der Waals surface area contributed by atoms with Crippen molar-refractivity contribution in [2.24, 2.45) is 0 Å². The first-order valence-electron chi connectivity index (χ1n) is 6.48. The molecule has 0 aliphatic carbocycles. The Labute approximate surface area is 118 Å². The standard InChI is InChI=1S/C14H20N2O4/c1-3-16(9-14(18)19-4-2)13(17)10-20-12-7-5-6-11(15)8-12/h5-8H,3-4,9-10,15H2,1-2H3. The molecule has 2 N–H and O–H groups in total. The molecule has 1 amide bonds. The number of rotatable bonds is 7. The molecule has 0 saturated carbocycles. The monoisotopic (exact) mass is 280 g/mol. The van der Waals surface area contributed by atoms with Crippen molar-refractivity contribution in [1.29, 1.82) is 0 Å². The van der Waals surface area contributed by atoms with Crippen molar-refractivity contribution in [3.8, 4) is 5.75 Å². The van der Waals surface area contributed by atoms with Gasteiger partial charge < -0.3 is 20.1 Å². The topological polar surface area (TPSA) is 81.9 Å². The second kappa shape index (κ2) is 8.04. The number of nitrogens with two attached hydrogens (primary N) is 1. The Morgan fingerprint density at radius 2 is 2.05 bits per heavy atom. The SMILES string of the molecule is CCOC(=O)CN(CC)C(=O)COc1cccc(N)c1. The van der Waals surface area contributed by atoms with E-state index in [1.54, 1.807) is 38.1 Å². The van der Waals surface area contributed by atoms with Crippen LogP contribution in [0.3, 0.4) is 0 Å². The molecule has 110 valence electrons. The first-order chi connectivity index (χ1) is 9.56. The van der Waals surface area contributed by atoms with E-state index in [1.165, 1.54) is 4.90 Å². The van der Waals surface area contributed by atoms with Gasteiger partial charge >= 0.3 is 5.97 Å². The van der Waals surface area contributed by atoms with Gasteiger partial charge in [0, 0.05) is 18.3 Å². The highest BCUT2D eigenvalue weighted by molar-refractivity contribution is 5.83. The largest absolute Gasteiger partial charge is 0.484 e. The van der Waals surface area contributed by atoms with E-state index >= 15 is 0 Å². The van der Waals surface area contributed by atoms with Gasteiger partial charge in [-0.1, -0.05) is 6.07 Å². The molecule has 0 heterocycles. The zero-order valence-corrected chi connectivity index (χ0v) is 11.8. The molecule has 0 saturated heterocycles. The fourth-order valence-electron chi connectivity index (χ4n) is 1.58. The Morgan fingerprint density at radius 1 is 1.30 bits per heavy atom. The average molecular weight is 280 g/mol. The Morgan fingerprint density at radius 3 is 2.65 bits per heavy atom. The van der Waals surface area contributed by atoms with Crippen LogP contribution in [0.5, 0.6) is 5.75 Å². The van der Waals surface area contributed by atoms with E-state index in [2.05, 4.69) is 0 Å². The van der Waals surface area contributed by atoms with Crippen molar-refractivity contribution in [2.75, 3.05) is 32.0 Å². The van der Waals surface area contributed by atoms with Crippen LogP contribution in [0.1, 0.15) is 13.8 Å². The van der Waals surface area contributed by atoms with E-state index in [0.29, 0.717) is 24.6 Å². The molecule has 0 bridgehead atoms. The molecular weight excluding hydrogens is 260 g/mol. The molecule has 0 spiro atoms. The van der Waals surface area contributed by atoms with E-state index < -0.39 is 5.97 Å². The number of anilines is 1. The lowest BCUT2D eigenvalue weighted by atomic mass is 10.3. The summed E-state index contributed by atoms with van der Waals surface area (Å²) in [6.45, 7) is 4.01. The summed E-state index contributed by atoms with van der Waals surface area (Å²) in [6, 6.07) is 6.82. The summed E-state index contributed by atoms with van der Waals surface area (Å²) in [5.41, 5.74) is 6.18. The van der Waals surface area contributed by atoms with Gasteiger partial charge in [0.25, 0.3) is 5.91 Å². The number of esters is 1. The van der Waals surface area contributed by atoms with Crippen LogP contribution >= 0.6 is 0 Å². The maximum atomic E-state index is 11.9. The van der Waals surface area contributed by atoms with Gasteiger partial charge in [0.2, 0.25) is 0 Å². The van der Waals surface area contributed by atoms with Crippen molar-refractivity contribution >= 4 is 17.6 Å². The number of hydrogen-bond acceptors (Lipinski definition) is 5. The quantitative estimate of drug-likeness (QED) is 0.596. The third-order valence-corrected chi connectivity index (χ3v) is 2.58. The van der Waals surface area contributed by atoms with Crippen LogP contribution in [0.15, 0.2) is 24.3 Å². The summed E-state index contributed by atoms with van der Waals surface area (Å²) < 4.78 is 10.2. The van der Waals surface area contributed by atoms with Gasteiger partial charge in [0.15, 0.2) is 6.61 Å². The maximum Gasteiger partial charge on any atom is 0.325 e. The first kappa shape index (κ1) is 15.8. The first-order valence-corrected chi connectivity index (χ1v) is 6.48. The molecule has 6 nitrogen and oxygen atoms in total. The predicted octanol–water partition coefficient (Wildman–Crippen LogP) is 1.06. The van der Waals surface area contributed by atoms with E-state index in [-0.39, 0.29) is 19.1 Å². The third-order valence-electron chi connectivity index (χ3n) is 2.58. The summed E-state index contributed by atoms with van der Waals surface area (Å²) in [4.78, 5) is 24.7. The molecule has 1 rings (SSSR count). The van der Waals surface area contributed by atoms with Crippen LogP contribution in [0.2, 0.25) is 0 Å². The van der Waals surface area contributed by atoms with Gasteiger partial charge in [0.1, 0.15) is 12.3 Å². The van der Waals surface area contributed by atoms with Crippen LogP contribution in [0, 0.1) is 0 Å². The second-order valence-electron chi connectivity index (χ2n) is 4.07. The number of amides is 1. The number of benzene rings is 1. The number of nitrogens with zero attached hydrogens (tertiary/aromatic N) is 1. The van der Waals surface area contributed by atoms with E-state index in [4.69, 9.17) is 15.2 Å². The summed E-state index contributed by atoms with van der Waals surface area (Å²) >= 11 is 0. The number of ether oxygens (including phenoxy) is 2. The zero-order chi connectivity index (χ0) is 15.0.